The highest BCUT2D eigenvalue weighted by atomic mass is 35.5. The molecule has 0 aliphatic carbocycles. The van der Waals surface area contributed by atoms with Gasteiger partial charge in [0, 0.05) is 5.75 Å². The lowest BCUT2D eigenvalue weighted by molar-refractivity contribution is -0.113. The topological polar surface area (TPSA) is 43.1 Å². The van der Waals surface area contributed by atoms with Crippen LogP contribution in [0.15, 0.2) is 0 Å². The number of carbonyl (C=O) groups excluding carboxylic acids is 1. The summed E-state index contributed by atoms with van der Waals surface area (Å²) in [6, 6.07) is -0.248. The first-order valence-electron chi connectivity index (χ1n) is 2.96. The molecule has 0 aromatic heterocycles. The van der Waals surface area contributed by atoms with Crippen molar-refractivity contribution in [1.29, 1.82) is 0 Å². The predicted molar refractivity (Wildman–Crippen MR) is 46.5 cm³/mol. The molecule has 0 aromatic carbocycles. The molecular formula is C6H12ClNOS. The number of halogens is 1. The third kappa shape index (κ3) is 1.65. The molecule has 0 saturated carbocycles. The largest absolute Gasteiger partial charge is 0.320 e. The van der Waals surface area contributed by atoms with E-state index in [4.69, 9.17) is 5.73 Å². The Hall–Kier alpha value is 0.270. The van der Waals surface area contributed by atoms with Crippen LogP contribution in [0.2, 0.25) is 0 Å². The van der Waals surface area contributed by atoms with E-state index in [2.05, 4.69) is 0 Å². The van der Waals surface area contributed by atoms with Crippen LogP contribution in [0.5, 0.6) is 0 Å². The summed E-state index contributed by atoms with van der Waals surface area (Å²) in [5.74, 6) is 0.868. The first-order chi connectivity index (χ1) is 4.04. The van der Waals surface area contributed by atoms with Crippen LogP contribution in [0.3, 0.4) is 0 Å². The maximum atomic E-state index is 10.8. The molecule has 10 heavy (non-hydrogen) atoms. The van der Waals surface area contributed by atoms with Crippen LogP contribution in [0.25, 0.3) is 0 Å². The Bertz CT molecular complexity index is 149. The van der Waals surface area contributed by atoms with Crippen LogP contribution in [0.1, 0.15) is 13.8 Å². The lowest BCUT2D eigenvalue weighted by Gasteiger charge is -2.19. The van der Waals surface area contributed by atoms with Gasteiger partial charge in [0.2, 0.25) is 5.12 Å². The maximum Gasteiger partial charge on any atom is 0.206 e. The van der Waals surface area contributed by atoms with Crippen LogP contribution in [0, 0.1) is 5.41 Å². The van der Waals surface area contributed by atoms with Gasteiger partial charge in [-0.15, -0.1) is 12.4 Å². The van der Waals surface area contributed by atoms with Gasteiger partial charge in [-0.05, 0) is 5.41 Å². The smallest absolute Gasteiger partial charge is 0.206 e. The van der Waals surface area contributed by atoms with Crippen molar-refractivity contribution >= 4 is 29.3 Å². The summed E-state index contributed by atoms with van der Waals surface area (Å²) < 4.78 is 0. The molecule has 0 spiro atoms. The summed E-state index contributed by atoms with van der Waals surface area (Å²) in [6.07, 6.45) is 0. The molecule has 0 aromatic rings. The van der Waals surface area contributed by atoms with Crippen molar-refractivity contribution < 1.29 is 4.79 Å². The zero-order chi connectivity index (χ0) is 7.07. The lowest BCUT2D eigenvalue weighted by Crippen LogP contribution is -2.37. The standard InChI is InChI=1S/C6H11NOS.ClH/c1-6(2)3-9-5(8)4(6)7;/h4H,3,7H2,1-2H3;1H. The molecule has 1 rings (SSSR count). The van der Waals surface area contributed by atoms with Crippen molar-refractivity contribution in [3.05, 3.63) is 0 Å². The van der Waals surface area contributed by atoms with Gasteiger partial charge in [0.1, 0.15) is 0 Å². The minimum absolute atomic E-state index is 0. The third-order valence-corrected chi connectivity index (χ3v) is 3.11. The third-order valence-electron chi connectivity index (χ3n) is 1.68. The zero-order valence-corrected chi connectivity index (χ0v) is 7.72. The van der Waals surface area contributed by atoms with Gasteiger partial charge in [0.15, 0.2) is 0 Å². The minimum atomic E-state index is -0.248. The van der Waals surface area contributed by atoms with Gasteiger partial charge in [0.05, 0.1) is 6.04 Å². The summed E-state index contributed by atoms with van der Waals surface area (Å²) in [7, 11) is 0. The molecular weight excluding hydrogens is 170 g/mol. The highest BCUT2D eigenvalue weighted by Gasteiger charge is 2.38. The second kappa shape index (κ2) is 3.11. The number of carbonyl (C=O) groups is 1. The van der Waals surface area contributed by atoms with Gasteiger partial charge in [0.25, 0.3) is 0 Å². The summed E-state index contributed by atoms with van der Waals surface area (Å²) >= 11 is 1.35. The van der Waals surface area contributed by atoms with E-state index in [-0.39, 0.29) is 29.0 Å². The molecule has 2 N–H and O–H groups in total. The molecule has 0 radical (unpaired) electrons. The highest BCUT2D eigenvalue weighted by Crippen LogP contribution is 2.34. The summed E-state index contributed by atoms with van der Waals surface area (Å²) in [5, 5.41) is 0.139. The van der Waals surface area contributed by atoms with Gasteiger partial charge in [-0.2, -0.15) is 0 Å². The van der Waals surface area contributed by atoms with Gasteiger partial charge >= 0.3 is 0 Å². The van der Waals surface area contributed by atoms with Crippen molar-refractivity contribution in [2.24, 2.45) is 11.1 Å². The van der Waals surface area contributed by atoms with E-state index in [1.807, 2.05) is 13.8 Å². The molecule has 0 bridgehead atoms. The lowest BCUT2D eigenvalue weighted by atomic mass is 9.89. The Morgan fingerprint density at radius 3 is 2.30 bits per heavy atom. The van der Waals surface area contributed by atoms with Gasteiger partial charge in [-0.25, -0.2) is 0 Å². The predicted octanol–water partition coefficient (Wildman–Crippen LogP) is 1.04. The molecule has 4 heteroatoms. The minimum Gasteiger partial charge on any atom is -0.320 e. The molecule has 1 heterocycles. The molecule has 1 unspecified atom stereocenters. The normalized spacial score (nSPS) is 29.9. The SMILES string of the molecule is CC1(C)CSC(=O)C1N.Cl. The maximum absolute atomic E-state index is 10.8. The fourth-order valence-corrected chi connectivity index (χ4v) is 1.95. The zero-order valence-electron chi connectivity index (χ0n) is 6.09. The second-order valence-corrected chi connectivity index (χ2v) is 4.05. The van der Waals surface area contributed by atoms with Crippen LogP contribution in [-0.4, -0.2) is 16.9 Å². The molecule has 1 atom stereocenters. The van der Waals surface area contributed by atoms with E-state index < -0.39 is 0 Å². The Balaban J connectivity index is 0.000000810. The number of nitrogens with two attached hydrogens (primary N) is 1. The van der Waals surface area contributed by atoms with Crippen LogP contribution in [0.4, 0.5) is 0 Å². The van der Waals surface area contributed by atoms with E-state index in [9.17, 15) is 4.79 Å². The van der Waals surface area contributed by atoms with Crippen LogP contribution < -0.4 is 5.73 Å². The average molecular weight is 182 g/mol. The molecule has 1 saturated heterocycles. The van der Waals surface area contributed by atoms with E-state index in [0.29, 0.717) is 0 Å². The summed E-state index contributed by atoms with van der Waals surface area (Å²) in [4.78, 5) is 10.8. The Kier molecular flexibility index (Phi) is 3.20. The molecule has 2 nitrogen and oxygen atoms in total. The summed E-state index contributed by atoms with van der Waals surface area (Å²) in [6.45, 7) is 4.05. The number of hydrogen-bond acceptors (Lipinski definition) is 3. The number of hydrogen-bond donors (Lipinski definition) is 1. The Morgan fingerprint density at radius 2 is 2.20 bits per heavy atom. The average Bonchev–Trinajstić information content (AvgIpc) is 1.97. The first-order valence-corrected chi connectivity index (χ1v) is 3.95. The number of rotatable bonds is 0. The molecule has 1 aliphatic heterocycles. The van der Waals surface area contributed by atoms with Crippen LogP contribution in [-0.2, 0) is 4.79 Å². The van der Waals surface area contributed by atoms with Gasteiger partial charge in [-0.3, -0.25) is 4.79 Å². The molecule has 1 aliphatic rings. The van der Waals surface area contributed by atoms with E-state index in [1.165, 1.54) is 11.8 Å². The van der Waals surface area contributed by atoms with E-state index in [0.717, 1.165) is 5.75 Å². The fourth-order valence-electron chi connectivity index (χ4n) is 0.756. The van der Waals surface area contributed by atoms with Gasteiger partial charge in [-0.1, -0.05) is 25.6 Å². The molecule has 60 valence electrons. The quantitative estimate of drug-likeness (QED) is 0.607. The van der Waals surface area contributed by atoms with E-state index >= 15 is 0 Å². The fraction of sp³-hybridized carbons (Fsp3) is 0.833. The van der Waals surface area contributed by atoms with Crippen molar-refractivity contribution in [2.75, 3.05) is 5.75 Å². The Labute approximate surface area is 71.3 Å². The van der Waals surface area contributed by atoms with Crippen LogP contribution >= 0.6 is 24.2 Å². The van der Waals surface area contributed by atoms with Crippen molar-refractivity contribution in [3.8, 4) is 0 Å². The van der Waals surface area contributed by atoms with Gasteiger partial charge < -0.3 is 5.73 Å². The van der Waals surface area contributed by atoms with Crippen molar-refractivity contribution in [2.45, 2.75) is 19.9 Å². The molecule has 0 amide bonds. The summed E-state index contributed by atoms with van der Waals surface area (Å²) in [5.41, 5.74) is 5.60. The Morgan fingerprint density at radius 1 is 1.70 bits per heavy atom. The van der Waals surface area contributed by atoms with Crippen molar-refractivity contribution in [3.63, 3.8) is 0 Å². The molecule has 1 fully saturated rings. The second-order valence-electron chi connectivity index (χ2n) is 3.07. The van der Waals surface area contributed by atoms with E-state index in [1.54, 1.807) is 0 Å². The van der Waals surface area contributed by atoms with Crippen molar-refractivity contribution in [1.82, 2.24) is 0 Å². The monoisotopic (exact) mass is 181 g/mol. The highest BCUT2D eigenvalue weighted by molar-refractivity contribution is 8.14. The first kappa shape index (κ1) is 10.3. The number of thioether (sulfide) groups is 1.